The zero-order valence-corrected chi connectivity index (χ0v) is 20.6. The van der Waals surface area contributed by atoms with Gasteiger partial charge >= 0.3 is 0 Å². The number of anilines is 1. The Balaban J connectivity index is 1.56. The number of aromatic nitrogens is 2. The predicted octanol–water partition coefficient (Wildman–Crippen LogP) is 5.28. The van der Waals surface area contributed by atoms with Crippen LogP contribution in [0, 0.1) is 6.92 Å². The van der Waals surface area contributed by atoms with E-state index in [0.717, 1.165) is 44.1 Å². The number of thioether (sulfide) groups is 1. The van der Waals surface area contributed by atoms with Gasteiger partial charge in [-0.1, -0.05) is 68.6 Å². The molecule has 1 saturated heterocycles. The summed E-state index contributed by atoms with van der Waals surface area (Å²) in [6.45, 7) is 1.96. The summed E-state index contributed by atoms with van der Waals surface area (Å²) in [6.07, 6.45) is 14.7. The van der Waals surface area contributed by atoms with Gasteiger partial charge in [0.15, 0.2) is 0 Å². The Morgan fingerprint density at radius 3 is 2.52 bits per heavy atom. The number of pyridine rings is 1. The summed E-state index contributed by atoms with van der Waals surface area (Å²) >= 11 is 6.90. The first kappa shape index (κ1) is 22.6. The van der Waals surface area contributed by atoms with Gasteiger partial charge in [-0.3, -0.25) is 18.9 Å². The molecule has 33 heavy (non-hydrogen) atoms. The van der Waals surface area contributed by atoms with Gasteiger partial charge in [0.2, 0.25) is 0 Å². The molecule has 5 rings (SSSR count). The highest BCUT2D eigenvalue weighted by Gasteiger charge is 2.38. The van der Waals surface area contributed by atoms with Gasteiger partial charge in [-0.2, -0.15) is 0 Å². The number of rotatable bonds is 4. The molecular weight excluding hydrogens is 452 g/mol. The molecule has 0 radical (unpaired) electrons. The molecule has 0 spiro atoms. The van der Waals surface area contributed by atoms with E-state index < -0.39 is 0 Å². The third-order valence-electron chi connectivity index (χ3n) is 7.07. The van der Waals surface area contributed by atoms with Crippen molar-refractivity contribution in [2.75, 3.05) is 5.32 Å². The van der Waals surface area contributed by atoms with Gasteiger partial charge < -0.3 is 5.32 Å². The van der Waals surface area contributed by atoms with Crippen molar-refractivity contribution in [2.24, 2.45) is 0 Å². The molecule has 2 aromatic rings. The van der Waals surface area contributed by atoms with Crippen LogP contribution in [0.4, 0.5) is 5.82 Å². The molecule has 2 aliphatic carbocycles. The fourth-order valence-corrected chi connectivity index (χ4v) is 6.64. The van der Waals surface area contributed by atoms with Crippen molar-refractivity contribution in [1.82, 2.24) is 14.3 Å². The summed E-state index contributed by atoms with van der Waals surface area (Å²) in [5.41, 5.74) is 1.86. The lowest BCUT2D eigenvalue weighted by Crippen LogP contribution is -2.39. The van der Waals surface area contributed by atoms with Crippen molar-refractivity contribution in [2.45, 2.75) is 83.2 Å². The van der Waals surface area contributed by atoms with Crippen LogP contribution in [0.15, 0.2) is 28.0 Å². The molecule has 1 N–H and O–H groups in total. The Bertz CT molecular complexity index is 1180. The molecule has 3 fully saturated rings. The number of amides is 1. The first-order valence-electron chi connectivity index (χ1n) is 12.1. The highest BCUT2D eigenvalue weighted by atomic mass is 32.2. The number of nitrogens with zero attached hydrogens (tertiary/aromatic N) is 3. The van der Waals surface area contributed by atoms with E-state index in [4.69, 9.17) is 17.2 Å². The average molecular weight is 483 g/mol. The zero-order chi connectivity index (χ0) is 22.9. The molecule has 0 aromatic carbocycles. The Morgan fingerprint density at radius 1 is 1.09 bits per heavy atom. The van der Waals surface area contributed by atoms with Crippen molar-refractivity contribution in [3.63, 3.8) is 0 Å². The van der Waals surface area contributed by atoms with Crippen molar-refractivity contribution in [3.05, 3.63) is 44.7 Å². The zero-order valence-electron chi connectivity index (χ0n) is 19.0. The van der Waals surface area contributed by atoms with E-state index in [-0.39, 0.29) is 17.5 Å². The number of thiocarbonyl (C=S) groups is 1. The van der Waals surface area contributed by atoms with Crippen molar-refractivity contribution < 1.29 is 4.79 Å². The van der Waals surface area contributed by atoms with E-state index >= 15 is 0 Å². The minimum absolute atomic E-state index is 0.0748. The molecule has 3 heterocycles. The lowest BCUT2D eigenvalue weighted by Gasteiger charge is -2.29. The Labute approximate surface area is 203 Å². The van der Waals surface area contributed by atoms with Gasteiger partial charge in [0.1, 0.15) is 15.8 Å². The molecule has 8 heteroatoms. The molecule has 3 aliphatic rings. The topological polar surface area (TPSA) is 66.7 Å². The fourth-order valence-electron chi connectivity index (χ4n) is 5.26. The quantitative estimate of drug-likeness (QED) is 0.472. The van der Waals surface area contributed by atoms with Crippen LogP contribution in [0.1, 0.15) is 75.3 Å². The SMILES string of the molecule is Cc1cccn2c(=O)c(/C=C3/SC(=S)N(C4CCCCC4)C3=O)c(NC3CCCCC3)nc12. The molecule has 174 valence electrons. The minimum atomic E-state index is -0.162. The normalized spacial score (nSPS) is 22.0. The molecule has 0 bridgehead atoms. The highest BCUT2D eigenvalue weighted by molar-refractivity contribution is 8.26. The van der Waals surface area contributed by atoms with E-state index in [9.17, 15) is 9.59 Å². The number of fused-ring (bicyclic) bond motifs is 1. The molecule has 1 aliphatic heterocycles. The number of carbonyl (C=O) groups is 1. The minimum Gasteiger partial charge on any atom is -0.367 e. The first-order chi connectivity index (χ1) is 16.0. The number of hydrogen-bond donors (Lipinski definition) is 1. The lowest BCUT2D eigenvalue weighted by atomic mass is 9.94. The van der Waals surface area contributed by atoms with E-state index in [2.05, 4.69) is 5.32 Å². The lowest BCUT2D eigenvalue weighted by molar-refractivity contribution is -0.124. The summed E-state index contributed by atoms with van der Waals surface area (Å²) in [7, 11) is 0. The second kappa shape index (κ2) is 9.58. The van der Waals surface area contributed by atoms with E-state index in [0.29, 0.717) is 32.3 Å². The molecule has 6 nitrogen and oxygen atoms in total. The molecule has 1 amide bonds. The van der Waals surface area contributed by atoms with Crippen molar-refractivity contribution in [3.8, 4) is 0 Å². The summed E-state index contributed by atoms with van der Waals surface area (Å²) in [4.78, 5) is 34.1. The van der Waals surface area contributed by atoms with Crippen LogP contribution in [0.2, 0.25) is 0 Å². The molecule has 0 unspecified atom stereocenters. The maximum absolute atomic E-state index is 13.6. The molecule has 0 atom stereocenters. The Kier molecular flexibility index (Phi) is 6.56. The predicted molar refractivity (Wildman–Crippen MR) is 139 cm³/mol. The second-order valence-corrected chi connectivity index (χ2v) is 11.1. The first-order valence-corrected chi connectivity index (χ1v) is 13.3. The van der Waals surface area contributed by atoms with Gasteiger partial charge in [0.25, 0.3) is 11.5 Å². The Hall–Kier alpha value is -2.19. The van der Waals surface area contributed by atoms with Crippen LogP contribution in [-0.4, -0.2) is 36.6 Å². The van der Waals surface area contributed by atoms with E-state index in [1.807, 2.05) is 19.1 Å². The van der Waals surface area contributed by atoms with E-state index in [1.54, 1.807) is 21.6 Å². The maximum Gasteiger partial charge on any atom is 0.267 e. The van der Waals surface area contributed by atoms with E-state index in [1.165, 1.54) is 37.4 Å². The number of carbonyl (C=O) groups excluding carboxylic acids is 1. The molecule has 2 aromatic heterocycles. The number of nitrogens with one attached hydrogen (secondary N) is 1. The summed E-state index contributed by atoms with van der Waals surface area (Å²) in [6, 6.07) is 4.28. The van der Waals surface area contributed by atoms with Gasteiger partial charge in [0, 0.05) is 18.3 Å². The monoisotopic (exact) mass is 482 g/mol. The summed E-state index contributed by atoms with van der Waals surface area (Å²) in [5, 5.41) is 3.55. The van der Waals surface area contributed by atoms with Crippen LogP contribution in [-0.2, 0) is 4.79 Å². The van der Waals surface area contributed by atoms with Crippen molar-refractivity contribution in [1.29, 1.82) is 0 Å². The third-order valence-corrected chi connectivity index (χ3v) is 8.40. The van der Waals surface area contributed by atoms with Crippen LogP contribution in [0.5, 0.6) is 0 Å². The van der Waals surface area contributed by atoms with Crippen LogP contribution in [0.3, 0.4) is 0 Å². The molecule has 2 saturated carbocycles. The second-order valence-electron chi connectivity index (χ2n) is 9.39. The van der Waals surface area contributed by atoms with Gasteiger partial charge in [0.05, 0.1) is 10.5 Å². The average Bonchev–Trinajstić information content (AvgIpc) is 3.11. The van der Waals surface area contributed by atoms with Gasteiger partial charge in [-0.25, -0.2) is 4.98 Å². The molecular formula is C25H30N4O2S2. The van der Waals surface area contributed by atoms with Crippen LogP contribution >= 0.6 is 24.0 Å². The fraction of sp³-hybridized carbons (Fsp3) is 0.520. The van der Waals surface area contributed by atoms with Gasteiger partial charge in [-0.15, -0.1) is 0 Å². The smallest absolute Gasteiger partial charge is 0.267 e. The summed E-state index contributed by atoms with van der Waals surface area (Å²) in [5.74, 6) is 0.499. The third kappa shape index (κ3) is 4.47. The van der Waals surface area contributed by atoms with Crippen molar-refractivity contribution >= 4 is 51.7 Å². The van der Waals surface area contributed by atoms with Gasteiger partial charge in [-0.05, 0) is 50.3 Å². The highest BCUT2D eigenvalue weighted by Crippen LogP contribution is 2.37. The standard InChI is InChI=1S/C25H30N4O2S2/c1-16-9-8-14-28-22(16)27-21(26-17-10-4-2-5-11-17)19(23(28)30)15-20-24(31)29(25(32)33-20)18-12-6-3-7-13-18/h8-9,14-15,17-18,26H,2-7,10-13H2,1H3/b20-15+. The number of hydrogen-bond acceptors (Lipinski definition) is 6. The van der Waals surface area contributed by atoms with Crippen LogP contribution < -0.4 is 10.9 Å². The Morgan fingerprint density at radius 2 is 1.79 bits per heavy atom. The maximum atomic E-state index is 13.6. The number of aryl methyl sites for hydroxylation is 1. The summed E-state index contributed by atoms with van der Waals surface area (Å²) < 4.78 is 2.18. The van der Waals surface area contributed by atoms with Crippen LogP contribution in [0.25, 0.3) is 11.7 Å². The largest absolute Gasteiger partial charge is 0.367 e.